The van der Waals surface area contributed by atoms with Crippen LogP contribution in [0.3, 0.4) is 0 Å². The number of aromatic nitrogens is 2. The van der Waals surface area contributed by atoms with E-state index in [0.29, 0.717) is 31.5 Å². The van der Waals surface area contributed by atoms with Crippen molar-refractivity contribution in [3.05, 3.63) is 120 Å². The number of carboxylic acids is 2. The van der Waals surface area contributed by atoms with Crippen LogP contribution in [0, 0.1) is 0 Å². The summed E-state index contributed by atoms with van der Waals surface area (Å²) in [5.74, 6) is -0.977. The van der Waals surface area contributed by atoms with Gasteiger partial charge in [-0.15, -0.1) is 0 Å². The summed E-state index contributed by atoms with van der Waals surface area (Å²) in [6.07, 6.45) is 11.1. The Morgan fingerprint density at radius 2 is 1.87 bits per heavy atom. The molecule has 4 aromatic rings. The summed E-state index contributed by atoms with van der Waals surface area (Å²) in [6, 6.07) is 21.7. The molecule has 0 saturated heterocycles. The molecule has 2 aliphatic heterocycles. The summed E-state index contributed by atoms with van der Waals surface area (Å²) >= 11 is 0. The van der Waals surface area contributed by atoms with Crippen LogP contribution in [0.4, 0.5) is 11.4 Å². The van der Waals surface area contributed by atoms with Crippen LogP contribution in [-0.4, -0.2) is 39.9 Å². The molecule has 10 nitrogen and oxygen atoms in total. The van der Waals surface area contributed by atoms with Crippen molar-refractivity contribution in [2.24, 2.45) is 5.73 Å². The quantitative estimate of drug-likeness (QED) is 0.111. The summed E-state index contributed by atoms with van der Waals surface area (Å²) in [7, 11) is 0. The molecule has 236 valence electrons. The maximum absolute atomic E-state index is 11.8. The number of para-hydroxylation sites is 1. The minimum absolute atomic E-state index is 0.0171. The number of pyridine rings is 1. The van der Waals surface area contributed by atoms with Crippen LogP contribution in [0.2, 0.25) is 0 Å². The molecule has 0 radical (unpaired) electrons. The van der Waals surface area contributed by atoms with Gasteiger partial charge in [-0.3, -0.25) is 15.3 Å². The minimum Gasteiger partial charge on any atom is -0.481 e. The Hall–Kier alpha value is -5.35. The summed E-state index contributed by atoms with van der Waals surface area (Å²) in [4.78, 5) is 28.8. The van der Waals surface area contributed by atoms with Crippen LogP contribution in [0.5, 0.6) is 0 Å². The number of carbonyl (C=O) groups is 2. The first-order chi connectivity index (χ1) is 22.2. The van der Waals surface area contributed by atoms with Gasteiger partial charge in [0.15, 0.2) is 12.8 Å². The number of aliphatic carboxylic acids is 2. The van der Waals surface area contributed by atoms with Gasteiger partial charge in [0.1, 0.15) is 6.42 Å². The molecule has 10 heteroatoms. The highest BCUT2D eigenvalue weighted by atomic mass is 16.5. The van der Waals surface area contributed by atoms with Gasteiger partial charge < -0.3 is 30.6 Å². The number of rotatable bonds is 12. The molecule has 4 heterocycles. The number of anilines is 2. The first-order valence-corrected chi connectivity index (χ1v) is 15.4. The summed E-state index contributed by atoms with van der Waals surface area (Å²) in [5, 5.41) is 20.2. The number of benzene rings is 2. The first-order valence-electron chi connectivity index (χ1n) is 15.4. The number of nitrogens with zero attached hydrogens (tertiary/aromatic N) is 2. The Bertz CT molecular complexity index is 1860. The fourth-order valence-corrected chi connectivity index (χ4v) is 6.71. The highest BCUT2D eigenvalue weighted by Gasteiger charge is 2.48. The van der Waals surface area contributed by atoms with E-state index in [9.17, 15) is 19.8 Å². The second-order valence-corrected chi connectivity index (χ2v) is 11.8. The largest absolute Gasteiger partial charge is 0.481 e. The van der Waals surface area contributed by atoms with Crippen LogP contribution in [0.15, 0.2) is 103 Å². The molecule has 0 fully saturated rings. The fraction of sp³-hybridized carbons (Fsp3) is 0.250. The van der Waals surface area contributed by atoms with Crippen molar-refractivity contribution in [2.75, 3.05) is 17.2 Å². The number of nitrogens with one attached hydrogen (secondary N) is 1. The maximum Gasteiger partial charge on any atom is 0.309 e. The zero-order valence-corrected chi connectivity index (χ0v) is 25.4. The molecule has 0 amide bonds. The van der Waals surface area contributed by atoms with Gasteiger partial charge in [0.2, 0.25) is 11.2 Å². The SMILES string of the molecule is Nc1ccc2c(c1)N(CCC(=O)O)C(=CC=Cc1ccc3ccccc3[n+]1CCC(=O)O)C2(CC1=CCC(N)O1)Cc1ccc[nH]1. The first kappa shape index (κ1) is 30.7. The van der Waals surface area contributed by atoms with Crippen molar-refractivity contribution in [2.45, 2.75) is 50.3 Å². The Morgan fingerprint density at radius 1 is 1.04 bits per heavy atom. The van der Waals surface area contributed by atoms with Gasteiger partial charge in [-0.1, -0.05) is 24.3 Å². The monoisotopic (exact) mass is 620 g/mol. The van der Waals surface area contributed by atoms with E-state index >= 15 is 0 Å². The van der Waals surface area contributed by atoms with Crippen LogP contribution in [0.25, 0.3) is 17.0 Å². The number of H-pyrrole nitrogens is 1. The van der Waals surface area contributed by atoms with Gasteiger partial charge in [0.05, 0.1) is 12.2 Å². The number of carboxylic acid groups (broad SMARTS) is 2. The number of hydrogen-bond donors (Lipinski definition) is 5. The van der Waals surface area contributed by atoms with Gasteiger partial charge in [-0.25, -0.2) is 0 Å². The van der Waals surface area contributed by atoms with Crippen molar-refractivity contribution in [1.82, 2.24) is 4.98 Å². The molecular formula is C36H38N5O5+. The lowest BCUT2D eigenvalue weighted by atomic mass is 9.72. The molecule has 46 heavy (non-hydrogen) atoms. The number of aryl methyl sites for hydroxylation is 1. The number of nitrogens with two attached hydrogens (primary N) is 2. The van der Waals surface area contributed by atoms with Crippen molar-refractivity contribution in [1.29, 1.82) is 0 Å². The number of allylic oxidation sites excluding steroid dienone is 4. The van der Waals surface area contributed by atoms with Gasteiger partial charge in [-0.05, 0) is 54.1 Å². The van der Waals surface area contributed by atoms with E-state index in [4.69, 9.17) is 16.2 Å². The normalized spacial score (nSPS) is 19.9. The van der Waals surface area contributed by atoms with Crippen molar-refractivity contribution in [3.8, 4) is 0 Å². The van der Waals surface area contributed by atoms with E-state index < -0.39 is 23.6 Å². The minimum atomic E-state index is -0.898. The van der Waals surface area contributed by atoms with Crippen LogP contribution in [-0.2, 0) is 32.7 Å². The predicted octanol–water partition coefficient (Wildman–Crippen LogP) is 4.86. The van der Waals surface area contributed by atoms with Gasteiger partial charge >= 0.3 is 11.9 Å². The number of hydrogen-bond acceptors (Lipinski definition) is 6. The lowest BCUT2D eigenvalue weighted by Crippen LogP contribution is -2.39. The van der Waals surface area contributed by atoms with Gasteiger partial charge in [-0.2, -0.15) is 4.57 Å². The average molecular weight is 621 g/mol. The van der Waals surface area contributed by atoms with Crippen LogP contribution in [0.1, 0.15) is 42.6 Å². The van der Waals surface area contributed by atoms with Crippen LogP contribution < -0.4 is 20.9 Å². The van der Waals surface area contributed by atoms with Crippen molar-refractivity contribution in [3.63, 3.8) is 0 Å². The molecule has 6 rings (SSSR count). The lowest BCUT2D eigenvalue weighted by molar-refractivity contribution is -0.672. The molecule has 2 unspecified atom stereocenters. The number of aromatic amines is 1. The smallest absolute Gasteiger partial charge is 0.309 e. The van der Waals surface area contributed by atoms with E-state index in [1.165, 1.54) is 0 Å². The molecule has 2 aromatic heterocycles. The molecule has 0 saturated carbocycles. The molecule has 7 N–H and O–H groups in total. The molecule has 2 aliphatic rings. The zero-order valence-electron chi connectivity index (χ0n) is 25.4. The maximum atomic E-state index is 11.8. The summed E-state index contributed by atoms with van der Waals surface area (Å²) < 4.78 is 8.07. The molecular weight excluding hydrogens is 582 g/mol. The van der Waals surface area contributed by atoms with E-state index in [0.717, 1.165) is 45.0 Å². The molecule has 0 bridgehead atoms. The second kappa shape index (κ2) is 12.9. The van der Waals surface area contributed by atoms with Crippen molar-refractivity contribution < 1.29 is 29.1 Å². The van der Waals surface area contributed by atoms with E-state index in [2.05, 4.69) is 9.88 Å². The van der Waals surface area contributed by atoms with E-state index in [1.54, 1.807) is 0 Å². The Morgan fingerprint density at radius 3 is 2.61 bits per heavy atom. The van der Waals surface area contributed by atoms with Gasteiger partial charge in [0.25, 0.3) is 0 Å². The molecule has 2 aromatic carbocycles. The third kappa shape index (κ3) is 6.25. The zero-order chi connectivity index (χ0) is 32.3. The molecule has 0 spiro atoms. The second-order valence-electron chi connectivity index (χ2n) is 11.8. The number of ether oxygens (including phenoxy) is 1. The standard InChI is InChI=1S/C36H37N5O5/c37-25-11-14-29-31(21-25)41(20-17-35(44)45)32(36(29,22-26-6-4-18-39-26)23-28-13-15-33(38)46-28)9-3-7-27-12-10-24-5-1-2-8-30(24)40(27)19-16-34(42)43/h1-14,18,21,33,39H,15-17,19-20,22-23,37-38H2,(H-,42,43,44,45)/p+1. The predicted molar refractivity (Wildman–Crippen MR) is 177 cm³/mol. The number of nitrogen functional groups attached to an aromatic ring is 1. The topological polar surface area (TPSA) is 159 Å². The van der Waals surface area contributed by atoms with Crippen LogP contribution >= 0.6 is 0 Å². The lowest BCUT2D eigenvalue weighted by Gasteiger charge is -2.34. The fourth-order valence-electron chi connectivity index (χ4n) is 6.71. The third-order valence-electron chi connectivity index (χ3n) is 8.71. The highest BCUT2D eigenvalue weighted by Crippen LogP contribution is 2.54. The van der Waals surface area contributed by atoms with E-state index in [-0.39, 0.29) is 19.4 Å². The average Bonchev–Trinajstić information content (AvgIpc) is 3.74. The van der Waals surface area contributed by atoms with Crippen molar-refractivity contribution >= 4 is 40.3 Å². The highest BCUT2D eigenvalue weighted by molar-refractivity contribution is 5.78. The summed E-state index contributed by atoms with van der Waals surface area (Å²) in [6.45, 7) is 0.552. The Kier molecular flexibility index (Phi) is 8.63. The molecule has 0 aliphatic carbocycles. The van der Waals surface area contributed by atoms with Gasteiger partial charge in [0, 0.05) is 83.8 Å². The van der Waals surface area contributed by atoms with E-state index in [1.807, 2.05) is 102 Å². The Labute approximate surface area is 266 Å². The third-order valence-corrected chi connectivity index (χ3v) is 8.71. The Balaban J connectivity index is 1.51. The number of fused-ring (bicyclic) bond motifs is 2. The molecule has 2 atom stereocenters. The summed E-state index contributed by atoms with van der Waals surface area (Å²) in [5.41, 5.74) is 18.0.